The van der Waals surface area contributed by atoms with Gasteiger partial charge < -0.3 is 22.3 Å². The number of nitrogens with two attached hydrogens (primary N) is 1. The van der Waals surface area contributed by atoms with Crippen molar-refractivity contribution in [3.63, 3.8) is 0 Å². The lowest BCUT2D eigenvalue weighted by Gasteiger charge is -2.06. The molecule has 29 heavy (non-hydrogen) atoms. The third kappa shape index (κ3) is 6.05. The maximum absolute atomic E-state index is 12.5. The minimum atomic E-state index is -3.79. The summed E-state index contributed by atoms with van der Waals surface area (Å²) in [6, 6.07) is 17.7. The molecule has 0 spiro atoms. The second-order valence-electron chi connectivity index (χ2n) is 6.08. The van der Waals surface area contributed by atoms with E-state index in [0.717, 1.165) is 0 Å². The first-order valence-electron chi connectivity index (χ1n) is 8.34. The molecule has 0 saturated carbocycles. The Balaban J connectivity index is 0.00000300. The van der Waals surface area contributed by atoms with Crippen molar-refractivity contribution in [2.75, 3.05) is 5.32 Å². The van der Waals surface area contributed by atoms with Crippen LogP contribution in [-0.4, -0.2) is 20.1 Å². The van der Waals surface area contributed by atoms with Crippen molar-refractivity contribution in [1.82, 2.24) is 0 Å². The van der Waals surface area contributed by atoms with Crippen molar-refractivity contribution in [2.45, 2.75) is 11.4 Å². The minimum Gasteiger partial charge on any atom is -1.00 e. The molecular weight excluding hydrogens is 458 g/mol. The van der Waals surface area contributed by atoms with Crippen LogP contribution in [0.4, 0.5) is 5.69 Å². The van der Waals surface area contributed by atoms with Gasteiger partial charge in [0.2, 0.25) is 22.4 Å². The lowest BCUT2D eigenvalue weighted by Crippen LogP contribution is -3.00. The number of sulfonamides is 1. The largest absolute Gasteiger partial charge is 1.00 e. The van der Waals surface area contributed by atoms with E-state index in [9.17, 15) is 18.0 Å². The van der Waals surface area contributed by atoms with Crippen LogP contribution in [0.25, 0.3) is 0 Å². The molecule has 0 unspecified atom stereocenters. The first kappa shape index (κ1) is 22.4. The molecule has 3 aromatic rings. The van der Waals surface area contributed by atoms with Crippen LogP contribution in [0.3, 0.4) is 0 Å². The molecular formula is C20H18BrN3O4S. The molecule has 0 fully saturated rings. The van der Waals surface area contributed by atoms with Crippen molar-refractivity contribution in [2.24, 2.45) is 5.14 Å². The highest BCUT2D eigenvalue weighted by molar-refractivity contribution is 7.89. The number of anilines is 1. The topological polar surface area (TPSA) is 110 Å². The first-order valence-corrected chi connectivity index (χ1v) is 9.89. The molecule has 9 heteroatoms. The number of carbonyl (C=O) groups is 2. The highest BCUT2D eigenvalue weighted by atomic mass is 79.9. The van der Waals surface area contributed by atoms with Gasteiger partial charge in [-0.2, -0.15) is 4.57 Å². The van der Waals surface area contributed by atoms with Crippen LogP contribution in [0.1, 0.15) is 20.7 Å². The van der Waals surface area contributed by atoms with Crippen LogP contribution in [0, 0.1) is 0 Å². The summed E-state index contributed by atoms with van der Waals surface area (Å²) >= 11 is 0. The smallest absolute Gasteiger partial charge is 0.261 e. The molecule has 1 aromatic heterocycles. The minimum absolute atomic E-state index is 0. The average molecular weight is 476 g/mol. The third-order valence-corrected chi connectivity index (χ3v) is 4.91. The lowest BCUT2D eigenvalue weighted by molar-refractivity contribution is -0.683. The summed E-state index contributed by atoms with van der Waals surface area (Å²) in [4.78, 5) is 24.7. The number of halogens is 1. The fourth-order valence-electron chi connectivity index (χ4n) is 2.57. The van der Waals surface area contributed by atoms with Gasteiger partial charge in [0.25, 0.3) is 5.91 Å². The molecule has 3 rings (SSSR count). The Morgan fingerprint density at radius 1 is 0.897 bits per heavy atom. The standard InChI is InChI=1S/C20H17N3O4S.BrH/c21-28(26,27)18-10-8-17(9-11-18)22-20(25)16-7-4-12-23(13-16)14-19(24)15-5-2-1-3-6-15;/h1-13H,14H2,(H2-,21,22,25,26,27);1H. The second kappa shape index (κ2) is 9.55. The molecule has 0 bridgehead atoms. The molecule has 0 aliphatic carbocycles. The summed E-state index contributed by atoms with van der Waals surface area (Å²) in [5.74, 6) is -0.452. The van der Waals surface area contributed by atoms with E-state index in [4.69, 9.17) is 5.14 Å². The number of hydrogen-bond acceptors (Lipinski definition) is 4. The van der Waals surface area contributed by atoms with Crippen LogP contribution in [0.5, 0.6) is 0 Å². The fourth-order valence-corrected chi connectivity index (χ4v) is 3.08. The number of rotatable bonds is 6. The van der Waals surface area contributed by atoms with E-state index in [1.807, 2.05) is 6.07 Å². The number of nitrogens with one attached hydrogen (secondary N) is 1. The van der Waals surface area contributed by atoms with Gasteiger partial charge in [0.05, 0.1) is 4.90 Å². The van der Waals surface area contributed by atoms with E-state index < -0.39 is 10.0 Å². The number of hydrogen-bond donors (Lipinski definition) is 2. The van der Waals surface area contributed by atoms with Gasteiger partial charge in [-0.25, -0.2) is 13.6 Å². The second-order valence-corrected chi connectivity index (χ2v) is 7.64. The number of ketones is 1. The molecule has 0 saturated heterocycles. The number of benzene rings is 2. The van der Waals surface area contributed by atoms with E-state index in [1.165, 1.54) is 24.3 Å². The summed E-state index contributed by atoms with van der Waals surface area (Å²) in [7, 11) is -3.79. The molecule has 7 nitrogen and oxygen atoms in total. The predicted octanol–water partition coefficient (Wildman–Crippen LogP) is -1.24. The Kier molecular flexibility index (Phi) is 7.38. The SMILES string of the molecule is NS(=O)(=O)c1ccc(NC(=O)c2ccc[n+](CC(=O)c3ccccc3)c2)cc1.[Br-]. The van der Waals surface area contributed by atoms with Crippen LogP contribution in [0.15, 0.2) is 84.0 Å². The number of nitrogens with zero attached hydrogens (tertiary/aromatic N) is 1. The predicted molar refractivity (Wildman–Crippen MR) is 103 cm³/mol. The summed E-state index contributed by atoms with van der Waals surface area (Å²) in [5, 5.41) is 7.73. The quantitative estimate of drug-likeness (QED) is 0.343. The van der Waals surface area contributed by atoms with E-state index in [2.05, 4.69) is 5.32 Å². The summed E-state index contributed by atoms with van der Waals surface area (Å²) in [6.07, 6.45) is 3.29. The highest BCUT2D eigenvalue weighted by Crippen LogP contribution is 2.13. The van der Waals surface area contributed by atoms with E-state index >= 15 is 0 Å². The monoisotopic (exact) mass is 475 g/mol. The fraction of sp³-hybridized carbons (Fsp3) is 0.0500. The van der Waals surface area contributed by atoms with E-state index in [-0.39, 0.29) is 40.1 Å². The lowest BCUT2D eigenvalue weighted by atomic mass is 10.1. The Morgan fingerprint density at radius 3 is 2.14 bits per heavy atom. The molecule has 1 heterocycles. The zero-order valence-electron chi connectivity index (χ0n) is 15.2. The summed E-state index contributed by atoms with van der Waals surface area (Å²) < 4.78 is 24.2. The van der Waals surface area contributed by atoms with Gasteiger partial charge in [0, 0.05) is 17.3 Å². The summed E-state index contributed by atoms with van der Waals surface area (Å²) in [5.41, 5.74) is 1.38. The first-order chi connectivity index (χ1) is 13.3. The van der Waals surface area contributed by atoms with Gasteiger partial charge in [-0.3, -0.25) is 9.59 Å². The molecule has 0 atom stereocenters. The Bertz CT molecular complexity index is 1120. The van der Waals surface area contributed by atoms with Gasteiger partial charge in [0.1, 0.15) is 5.56 Å². The molecule has 0 aliphatic rings. The molecule has 2 aromatic carbocycles. The Hall–Kier alpha value is -2.88. The Morgan fingerprint density at radius 2 is 1.52 bits per heavy atom. The summed E-state index contributed by atoms with van der Waals surface area (Å²) in [6.45, 7) is 0.105. The number of primary sulfonamides is 1. The van der Waals surface area contributed by atoms with E-state index in [1.54, 1.807) is 53.4 Å². The van der Waals surface area contributed by atoms with E-state index in [0.29, 0.717) is 16.8 Å². The number of Topliss-reactive ketones (excluding diaryl/α,β-unsaturated/α-hetero) is 1. The number of carbonyl (C=O) groups excluding carboxylic acids is 2. The normalized spacial score (nSPS) is 10.7. The van der Waals surface area contributed by atoms with Crippen LogP contribution >= 0.6 is 0 Å². The van der Waals surface area contributed by atoms with Crippen molar-refractivity contribution in [1.29, 1.82) is 0 Å². The van der Waals surface area contributed by atoms with Gasteiger partial charge >= 0.3 is 0 Å². The zero-order valence-corrected chi connectivity index (χ0v) is 17.6. The number of pyridine rings is 1. The third-order valence-electron chi connectivity index (χ3n) is 3.98. The van der Waals surface area contributed by atoms with Gasteiger partial charge in [0.15, 0.2) is 12.4 Å². The maximum Gasteiger partial charge on any atom is 0.261 e. The molecule has 1 amide bonds. The zero-order chi connectivity index (χ0) is 20.1. The molecule has 3 N–H and O–H groups in total. The van der Waals surface area contributed by atoms with Crippen molar-refractivity contribution >= 4 is 27.4 Å². The Labute approximate surface area is 179 Å². The van der Waals surface area contributed by atoms with Gasteiger partial charge in [-0.15, -0.1) is 0 Å². The maximum atomic E-state index is 12.5. The molecule has 0 radical (unpaired) electrons. The number of amides is 1. The highest BCUT2D eigenvalue weighted by Gasteiger charge is 2.15. The van der Waals surface area contributed by atoms with Gasteiger partial charge in [-0.05, 0) is 30.3 Å². The van der Waals surface area contributed by atoms with Crippen molar-refractivity contribution in [3.8, 4) is 0 Å². The van der Waals surface area contributed by atoms with Crippen molar-refractivity contribution in [3.05, 3.63) is 90.3 Å². The van der Waals surface area contributed by atoms with Crippen molar-refractivity contribution < 1.29 is 39.6 Å². The van der Waals surface area contributed by atoms with Crippen LogP contribution in [-0.2, 0) is 16.6 Å². The number of aromatic nitrogens is 1. The van der Waals surface area contributed by atoms with Gasteiger partial charge in [-0.1, -0.05) is 30.3 Å². The average Bonchev–Trinajstić information content (AvgIpc) is 2.68. The van der Waals surface area contributed by atoms with Crippen LogP contribution in [0.2, 0.25) is 0 Å². The molecule has 0 aliphatic heterocycles. The molecule has 150 valence electrons. The van der Waals surface area contributed by atoms with Crippen LogP contribution < -0.4 is 32.0 Å².